The number of rotatable bonds is 3. The van der Waals surface area contributed by atoms with Crippen LogP contribution in [0, 0.1) is 0 Å². The van der Waals surface area contributed by atoms with Gasteiger partial charge in [-0.1, -0.05) is 0 Å². The Morgan fingerprint density at radius 1 is 1.42 bits per heavy atom. The van der Waals surface area contributed by atoms with Crippen molar-refractivity contribution in [3.63, 3.8) is 0 Å². The second kappa shape index (κ2) is 4.64. The highest BCUT2D eigenvalue weighted by atomic mass is 19.3. The van der Waals surface area contributed by atoms with E-state index < -0.39 is 6.43 Å². The van der Waals surface area contributed by atoms with Crippen molar-refractivity contribution >= 4 is 5.69 Å². The van der Waals surface area contributed by atoms with Gasteiger partial charge < -0.3 is 4.90 Å². The maximum atomic E-state index is 13.3. The third kappa shape index (κ3) is 1.99. The quantitative estimate of drug-likeness (QED) is 0.920. The van der Waals surface area contributed by atoms with Gasteiger partial charge in [0.05, 0.1) is 6.20 Å². The van der Waals surface area contributed by atoms with Crippen molar-refractivity contribution in [3.8, 4) is 11.1 Å². The molecule has 100 valence electrons. The Balaban J connectivity index is 2.15. The molecule has 1 aliphatic heterocycles. The minimum absolute atomic E-state index is 0.0838. The number of hydrogen-bond donors (Lipinski definition) is 1. The van der Waals surface area contributed by atoms with Gasteiger partial charge in [-0.2, -0.15) is 5.10 Å². The van der Waals surface area contributed by atoms with Crippen molar-refractivity contribution in [1.29, 1.82) is 0 Å². The number of alkyl halides is 2. The maximum absolute atomic E-state index is 13.3. The van der Waals surface area contributed by atoms with E-state index in [-0.39, 0.29) is 5.56 Å². The number of aromatic amines is 1. The molecule has 3 rings (SSSR count). The lowest BCUT2D eigenvalue weighted by atomic mass is 9.98. The molecule has 5 heteroatoms. The van der Waals surface area contributed by atoms with Crippen LogP contribution in [0.3, 0.4) is 0 Å². The van der Waals surface area contributed by atoms with Gasteiger partial charge in [0, 0.05) is 36.1 Å². The number of hydrogen-bond acceptors (Lipinski definition) is 2. The molecular weight excluding hydrogens is 248 g/mol. The largest absolute Gasteiger partial charge is 0.371 e. The Morgan fingerprint density at radius 2 is 2.26 bits per heavy atom. The Kier molecular flexibility index (Phi) is 2.97. The minimum atomic E-state index is -2.48. The van der Waals surface area contributed by atoms with Gasteiger partial charge >= 0.3 is 0 Å². The van der Waals surface area contributed by atoms with E-state index in [1.165, 1.54) is 0 Å². The summed E-state index contributed by atoms with van der Waals surface area (Å²) in [6.07, 6.45) is 1.67. The third-order valence-corrected chi connectivity index (χ3v) is 3.67. The molecule has 19 heavy (non-hydrogen) atoms. The SMILES string of the molecule is CCN1CCc2cc(-c3cn[nH]c3)c(C(F)F)cc21. The average molecular weight is 263 g/mol. The number of fused-ring (bicyclic) bond motifs is 1. The number of H-pyrrole nitrogens is 1. The van der Waals surface area contributed by atoms with Gasteiger partial charge in [-0.3, -0.25) is 5.10 Å². The first-order valence-corrected chi connectivity index (χ1v) is 6.39. The standard InChI is InChI=1S/C14H15F2N3/c1-2-19-4-3-9-5-11(10-7-17-18-8-10)12(14(15)16)6-13(9)19/h5-8,14H,2-4H2,1H3,(H,17,18). The summed E-state index contributed by atoms with van der Waals surface area (Å²) in [6.45, 7) is 3.80. The molecule has 0 atom stereocenters. The number of nitrogens with one attached hydrogen (secondary N) is 1. The summed E-state index contributed by atoms with van der Waals surface area (Å²) in [7, 11) is 0. The molecule has 0 fully saturated rings. The van der Waals surface area contributed by atoms with Gasteiger partial charge in [0.1, 0.15) is 0 Å². The van der Waals surface area contributed by atoms with Gasteiger partial charge in [-0.25, -0.2) is 8.78 Å². The number of aromatic nitrogens is 2. The van der Waals surface area contributed by atoms with E-state index in [4.69, 9.17) is 0 Å². The summed E-state index contributed by atoms with van der Waals surface area (Å²) in [5.41, 5.74) is 3.47. The number of likely N-dealkylation sites (N-methyl/N-ethyl adjacent to an activating group) is 1. The molecule has 0 saturated carbocycles. The molecule has 2 heterocycles. The van der Waals surface area contributed by atoms with Crippen LogP contribution in [-0.2, 0) is 6.42 Å². The fourth-order valence-electron chi connectivity index (χ4n) is 2.68. The first-order chi connectivity index (χ1) is 9.20. The fraction of sp³-hybridized carbons (Fsp3) is 0.357. The number of anilines is 1. The molecule has 0 spiro atoms. The maximum Gasteiger partial charge on any atom is 0.264 e. The van der Waals surface area contributed by atoms with E-state index in [0.717, 1.165) is 30.8 Å². The highest BCUT2D eigenvalue weighted by Crippen LogP contribution is 2.38. The Morgan fingerprint density at radius 3 is 2.89 bits per heavy atom. The number of benzene rings is 1. The van der Waals surface area contributed by atoms with Crippen LogP contribution in [0.15, 0.2) is 24.5 Å². The smallest absolute Gasteiger partial charge is 0.264 e. The lowest BCUT2D eigenvalue weighted by molar-refractivity contribution is 0.152. The van der Waals surface area contributed by atoms with E-state index in [9.17, 15) is 8.78 Å². The molecule has 1 N–H and O–H groups in total. The molecule has 1 aliphatic rings. The third-order valence-electron chi connectivity index (χ3n) is 3.67. The van der Waals surface area contributed by atoms with Crippen LogP contribution in [0.4, 0.5) is 14.5 Å². The Hall–Kier alpha value is -1.91. The van der Waals surface area contributed by atoms with Crippen LogP contribution in [0.1, 0.15) is 24.5 Å². The summed E-state index contributed by atoms with van der Waals surface area (Å²) in [4.78, 5) is 2.14. The zero-order chi connectivity index (χ0) is 13.4. The highest BCUT2D eigenvalue weighted by molar-refractivity contribution is 5.74. The molecule has 0 amide bonds. The van der Waals surface area contributed by atoms with Crippen molar-refractivity contribution in [1.82, 2.24) is 10.2 Å². The number of nitrogens with zero attached hydrogens (tertiary/aromatic N) is 2. The van der Waals surface area contributed by atoms with Crippen molar-refractivity contribution in [2.24, 2.45) is 0 Å². The van der Waals surface area contributed by atoms with E-state index >= 15 is 0 Å². The molecule has 2 aromatic rings. The van der Waals surface area contributed by atoms with Crippen LogP contribution in [0.25, 0.3) is 11.1 Å². The van der Waals surface area contributed by atoms with Gasteiger partial charge in [-0.15, -0.1) is 0 Å². The molecule has 0 bridgehead atoms. The molecule has 3 nitrogen and oxygen atoms in total. The lowest BCUT2D eigenvalue weighted by Gasteiger charge is -2.18. The predicted octanol–water partition coefficient (Wildman–Crippen LogP) is 3.40. The van der Waals surface area contributed by atoms with Crippen LogP contribution < -0.4 is 4.90 Å². The van der Waals surface area contributed by atoms with Crippen LogP contribution in [-0.4, -0.2) is 23.3 Å². The second-order valence-corrected chi connectivity index (χ2v) is 4.69. The van der Waals surface area contributed by atoms with E-state index in [1.807, 2.05) is 13.0 Å². The van der Waals surface area contributed by atoms with Gasteiger partial charge in [-0.05, 0) is 36.6 Å². The van der Waals surface area contributed by atoms with Crippen molar-refractivity contribution in [3.05, 3.63) is 35.7 Å². The monoisotopic (exact) mass is 263 g/mol. The summed E-state index contributed by atoms with van der Waals surface area (Å²) in [6, 6.07) is 3.52. The van der Waals surface area contributed by atoms with Gasteiger partial charge in [0.2, 0.25) is 0 Å². The second-order valence-electron chi connectivity index (χ2n) is 4.69. The Labute approximate surface area is 110 Å². The Bertz CT molecular complexity index is 579. The van der Waals surface area contributed by atoms with Crippen LogP contribution >= 0.6 is 0 Å². The molecule has 0 aliphatic carbocycles. The molecular formula is C14H15F2N3. The summed E-state index contributed by atoms with van der Waals surface area (Å²) >= 11 is 0. The normalized spacial score (nSPS) is 14.2. The topological polar surface area (TPSA) is 31.9 Å². The summed E-state index contributed by atoms with van der Waals surface area (Å²) in [5, 5.41) is 6.52. The zero-order valence-electron chi connectivity index (χ0n) is 10.7. The first kappa shape index (κ1) is 12.1. The van der Waals surface area contributed by atoms with Crippen molar-refractivity contribution in [2.45, 2.75) is 19.8 Å². The first-order valence-electron chi connectivity index (χ1n) is 6.39. The molecule has 1 aromatic heterocycles. The molecule has 1 aromatic carbocycles. The van der Waals surface area contributed by atoms with Crippen molar-refractivity contribution < 1.29 is 8.78 Å². The number of halogens is 2. The highest BCUT2D eigenvalue weighted by Gasteiger charge is 2.24. The molecule has 0 radical (unpaired) electrons. The van der Waals surface area contributed by atoms with Crippen molar-refractivity contribution in [2.75, 3.05) is 18.0 Å². The van der Waals surface area contributed by atoms with Gasteiger partial charge in [0.15, 0.2) is 0 Å². The summed E-state index contributed by atoms with van der Waals surface area (Å²) < 4.78 is 26.5. The van der Waals surface area contributed by atoms with Crippen LogP contribution in [0.5, 0.6) is 0 Å². The van der Waals surface area contributed by atoms with E-state index in [0.29, 0.717) is 11.1 Å². The van der Waals surface area contributed by atoms with Crippen LogP contribution in [0.2, 0.25) is 0 Å². The fourth-order valence-corrected chi connectivity index (χ4v) is 2.68. The van der Waals surface area contributed by atoms with E-state index in [1.54, 1.807) is 18.5 Å². The minimum Gasteiger partial charge on any atom is -0.371 e. The zero-order valence-corrected chi connectivity index (χ0v) is 10.7. The van der Waals surface area contributed by atoms with E-state index in [2.05, 4.69) is 15.1 Å². The molecule has 0 saturated heterocycles. The molecule has 0 unspecified atom stereocenters. The average Bonchev–Trinajstić information content (AvgIpc) is 3.06. The lowest BCUT2D eigenvalue weighted by Crippen LogP contribution is -2.19. The predicted molar refractivity (Wildman–Crippen MR) is 70.6 cm³/mol. The van der Waals surface area contributed by atoms with Gasteiger partial charge in [0.25, 0.3) is 6.43 Å². The summed E-state index contributed by atoms with van der Waals surface area (Å²) in [5.74, 6) is 0.